The zero-order valence-corrected chi connectivity index (χ0v) is 11.4. The van der Waals surface area contributed by atoms with Crippen molar-refractivity contribution in [2.24, 2.45) is 0 Å². The standard InChI is InChI=1S/C13H14O2S2/c1-10(2)11-3-5-12(6-4-11)17(14,15)13-7-8-16-9-13/h3-10H,1-2H3. The van der Waals surface area contributed by atoms with Crippen LogP contribution in [0.3, 0.4) is 0 Å². The van der Waals surface area contributed by atoms with Gasteiger partial charge >= 0.3 is 0 Å². The SMILES string of the molecule is CC(C)c1ccc(S(=O)(=O)c2ccsc2)cc1. The quantitative estimate of drug-likeness (QED) is 0.848. The summed E-state index contributed by atoms with van der Waals surface area (Å²) in [6, 6.07) is 8.76. The molecule has 0 N–H and O–H groups in total. The highest BCUT2D eigenvalue weighted by molar-refractivity contribution is 7.91. The highest BCUT2D eigenvalue weighted by atomic mass is 32.2. The number of benzene rings is 1. The highest BCUT2D eigenvalue weighted by Gasteiger charge is 2.17. The molecular formula is C13H14O2S2. The third-order valence-corrected chi connectivity index (χ3v) is 5.26. The van der Waals surface area contributed by atoms with Gasteiger partial charge in [-0.05, 0) is 35.1 Å². The van der Waals surface area contributed by atoms with Crippen LogP contribution in [0.15, 0.2) is 50.9 Å². The number of hydrogen-bond donors (Lipinski definition) is 0. The van der Waals surface area contributed by atoms with Crippen LogP contribution in [-0.4, -0.2) is 8.42 Å². The first kappa shape index (κ1) is 12.3. The Morgan fingerprint density at radius 2 is 1.65 bits per heavy atom. The lowest BCUT2D eigenvalue weighted by Gasteiger charge is -2.07. The van der Waals surface area contributed by atoms with Crippen molar-refractivity contribution in [2.45, 2.75) is 29.6 Å². The van der Waals surface area contributed by atoms with Gasteiger partial charge < -0.3 is 0 Å². The van der Waals surface area contributed by atoms with Crippen LogP contribution in [0, 0.1) is 0 Å². The van der Waals surface area contributed by atoms with Crippen molar-refractivity contribution in [2.75, 3.05) is 0 Å². The Balaban J connectivity index is 2.42. The van der Waals surface area contributed by atoms with Crippen LogP contribution in [0.1, 0.15) is 25.3 Å². The number of rotatable bonds is 3. The molecule has 4 heteroatoms. The van der Waals surface area contributed by atoms with E-state index in [1.165, 1.54) is 11.3 Å². The van der Waals surface area contributed by atoms with Crippen molar-refractivity contribution >= 4 is 21.2 Å². The Kier molecular flexibility index (Phi) is 3.35. The van der Waals surface area contributed by atoms with E-state index in [1.54, 1.807) is 29.0 Å². The van der Waals surface area contributed by atoms with Crippen LogP contribution in [0.25, 0.3) is 0 Å². The van der Waals surface area contributed by atoms with Crippen molar-refractivity contribution in [1.82, 2.24) is 0 Å². The van der Waals surface area contributed by atoms with Crippen molar-refractivity contribution < 1.29 is 8.42 Å². The molecular weight excluding hydrogens is 252 g/mol. The Labute approximate surface area is 106 Å². The van der Waals surface area contributed by atoms with E-state index >= 15 is 0 Å². The maximum absolute atomic E-state index is 12.2. The molecule has 0 aliphatic carbocycles. The topological polar surface area (TPSA) is 34.1 Å². The molecule has 0 atom stereocenters. The summed E-state index contributed by atoms with van der Waals surface area (Å²) in [5, 5.41) is 3.43. The lowest BCUT2D eigenvalue weighted by molar-refractivity contribution is 0.596. The van der Waals surface area contributed by atoms with E-state index in [-0.39, 0.29) is 0 Å². The van der Waals surface area contributed by atoms with Gasteiger partial charge in [0.15, 0.2) is 0 Å². The predicted molar refractivity (Wildman–Crippen MR) is 70.3 cm³/mol. The second kappa shape index (κ2) is 4.63. The third-order valence-electron chi connectivity index (χ3n) is 2.66. The molecule has 0 amide bonds. The van der Waals surface area contributed by atoms with Gasteiger partial charge in [-0.15, -0.1) is 0 Å². The zero-order valence-electron chi connectivity index (χ0n) is 9.75. The Morgan fingerprint density at radius 1 is 1.00 bits per heavy atom. The normalized spacial score (nSPS) is 11.9. The van der Waals surface area contributed by atoms with Gasteiger partial charge in [0.05, 0.1) is 9.79 Å². The first-order valence-corrected chi connectivity index (χ1v) is 7.81. The minimum Gasteiger partial charge on any atom is -0.218 e. The van der Waals surface area contributed by atoms with Crippen molar-refractivity contribution in [3.8, 4) is 0 Å². The maximum atomic E-state index is 12.2. The summed E-state index contributed by atoms with van der Waals surface area (Å²) in [7, 11) is -3.33. The van der Waals surface area contributed by atoms with Crippen LogP contribution in [0.2, 0.25) is 0 Å². The van der Waals surface area contributed by atoms with Gasteiger partial charge in [-0.2, -0.15) is 11.3 Å². The lowest BCUT2D eigenvalue weighted by atomic mass is 10.0. The Bertz CT molecular complexity index is 579. The molecule has 17 heavy (non-hydrogen) atoms. The molecule has 0 saturated carbocycles. The summed E-state index contributed by atoms with van der Waals surface area (Å²) < 4.78 is 24.4. The molecule has 0 spiro atoms. The molecule has 0 radical (unpaired) electrons. The maximum Gasteiger partial charge on any atom is 0.207 e. The molecule has 2 nitrogen and oxygen atoms in total. The second-order valence-corrected chi connectivity index (χ2v) is 6.92. The van der Waals surface area contributed by atoms with E-state index in [2.05, 4.69) is 13.8 Å². The Morgan fingerprint density at radius 3 is 2.12 bits per heavy atom. The first-order valence-electron chi connectivity index (χ1n) is 5.39. The van der Waals surface area contributed by atoms with Crippen molar-refractivity contribution in [1.29, 1.82) is 0 Å². The molecule has 0 unspecified atom stereocenters. The van der Waals surface area contributed by atoms with E-state index in [0.29, 0.717) is 15.7 Å². The molecule has 0 bridgehead atoms. The minimum atomic E-state index is -3.33. The van der Waals surface area contributed by atoms with Crippen molar-refractivity contribution in [3.63, 3.8) is 0 Å². The summed E-state index contributed by atoms with van der Waals surface area (Å²) >= 11 is 1.39. The molecule has 0 aliphatic rings. The monoisotopic (exact) mass is 266 g/mol. The van der Waals surface area contributed by atoms with Crippen LogP contribution < -0.4 is 0 Å². The molecule has 1 heterocycles. The summed E-state index contributed by atoms with van der Waals surface area (Å²) in [6.45, 7) is 4.17. The average Bonchev–Trinajstić information content (AvgIpc) is 2.83. The zero-order chi connectivity index (χ0) is 12.5. The fraction of sp³-hybridized carbons (Fsp3) is 0.231. The fourth-order valence-corrected chi connectivity index (χ4v) is 3.86. The number of hydrogen-bond acceptors (Lipinski definition) is 3. The predicted octanol–water partition coefficient (Wildman–Crippen LogP) is 3.70. The van der Waals surface area contributed by atoms with Gasteiger partial charge in [-0.3, -0.25) is 0 Å². The van der Waals surface area contributed by atoms with Crippen LogP contribution in [0.4, 0.5) is 0 Å². The van der Waals surface area contributed by atoms with Crippen molar-refractivity contribution in [3.05, 3.63) is 46.7 Å². The highest BCUT2D eigenvalue weighted by Crippen LogP contribution is 2.24. The summed E-state index contributed by atoms with van der Waals surface area (Å²) in [5.41, 5.74) is 1.15. The van der Waals surface area contributed by atoms with Gasteiger partial charge in [-0.25, -0.2) is 8.42 Å². The smallest absolute Gasteiger partial charge is 0.207 e. The number of thiophene rings is 1. The summed E-state index contributed by atoms with van der Waals surface area (Å²) in [5.74, 6) is 0.410. The summed E-state index contributed by atoms with van der Waals surface area (Å²) in [4.78, 5) is 0.736. The molecule has 2 aromatic rings. The van der Waals surface area contributed by atoms with E-state index < -0.39 is 9.84 Å². The van der Waals surface area contributed by atoms with Crippen LogP contribution in [0.5, 0.6) is 0 Å². The largest absolute Gasteiger partial charge is 0.218 e. The fourth-order valence-electron chi connectivity index (χ4n) is 1.57. The van der Waals surface area contributed by atoms with Gasteiger partial charge in [0.2, 0.25) is 9.84 Å². The lowest BCUT2D eigenvalue weighted by Crippen LogP contribution is -2.00. The third kappa shape index (κ3) is 2.42. The minimum absolute atomic E-state index is 0.361. The molecule has 0 fully saturated rings. The first-order chi connectivity index (χ1) is 8.01. The molecule has 1 aromatic carbocycles. The average molecular weight is 266 g/mol. The molecule has 0 saturated heterocycles. The van der Waals surface area contributed by atoms with Crippen LogP contribution >= 0.6 is 11.3 Å². The number of sulfone groups is 1. The van der Waals surface area contributed by atoms with Gasteiger partial charge in [0.1, 0.15) is 0 Å². The van der Waals surface area contributed by atoms with Gasteiger partial charge in [0.25, 0.3) is 0 Å². The molecule has 0 aliphatic heterocycles. The van der Waals surface area contributed by atoms with E-state index in [4.69, 9.17) is 0 Å². The molecule has 90 valence electrons. The van der Waals surface area contributed by atoms with E-state index in [9.17, 15) is 8.42 Å². The Hall–Kier alpha value is -1.13. The van der Waals surface area contributed by atoms with E-state index in [1.807, 2.05) is 12.1 Å². The second-order valence-electron chi connectivity index (χ2n) is 4.19. The van der Waals surface area contributed by atoms with Crippen LogP contribution in [-0.2, 0) is 9.84 Å². The van der Waals surface area contributed by atoms with Gasteiger partial charge in [0, 0.05) is 5.38 Å². The summed E-state index contributed by atoms with van der Waals surface area (Å²) in [6.07, 6.45) is 0. The molecule has 2 rings (SSSR count). The van der Waals surface area contributed by atoms with E-state index in [0.717, 1.165) is 5.56 Å². The molecule has 1 aromatic heterocycles. The van der Waals surface area contributed by atoms with Gasteiger partial charge in [-0.1, -0.05) is 26.0 Å².